The average molecular weight is 456 g/mol. The van der Waals surface area contributed by atoms with Crippen molar-refractivity contribution in [1.29, 1.82) is 0 Å². The van der Waals surface area contributed by atoms with Gasteiger partial charge in [0.2, 0.25) is 5.89 Å². The lowest BCUT2D eigenvalue weighted by Gasteiger charge is -2.13. The molecule has 1 aromatic heterocycles. The Bertz CT molecular complexity index is 647. The minimum Gasteiger partial charge on any atom is -0.443 e. The van der Waals surface area contributed by atoms with Gasteiger partial charge in [-0.3, -0.25) is 4.99 Å². The lowest BCUT2D eigenvalue weighted by Crippen LogP contribution is -2.37. The maximum Gasteiger partial charge on any atom is 0.213 e. The van der Waals surface area contributed by atoms with Crippen LogP contribution in [0.25, 0.3) is 0 Å². The molecular weight excluding hydrogens is 427 g/mol. The molecule has 0 saturated heterocycles. The summed E-state index contributed by atoms with van der Waals surface area (Å²) < 4.78 is 5.77. The van der Waals surface area contributed by atoms with Gasteiger partial charge in [0, 0.05) is 19.0 Å². The quantitative estimate of drug-likeness (QED) is 0.300. The summed E-state index contributed by atoms with van der Waals surface area (Å²) >= 11 is 0. The van der Waals surface area contributed by atoms with E-state index in [4.69, 9.17) is 4.42 Å². The number of aliphatic imine (C=N–C) groups is 1. The predicted molar refractivity (Wildman–Crippen MR) is 114 cm³/mol. The lowest BCUT2D eigenvalue weighted by molar-refractivity contribution is 0.379. The number of halogens is 1. The number of aromatic nitrogens is 1. The van der Waals surface area contributed by atoms with E-state index in [2.05, 4.69) is 65.6 Å². The summed E-state index contributed by atoms with van der Waals surface area (Å²) in [5.41, 5.74) is 1.33. The number of benzene rings is 1. The number of hydrogen-bond donors (Lipinski definition) is 2. The van der Waals surface area contributed by atoms with E-state index in [1.54, 1.807) is 13.2 Å². The van der Waals surface area contributed by atoms with Crippen LogP contribution in [0, 0.1) is 0 Å². The van der Waals surface area contributed by atoms with Crippen LogP contribution in [-0.4, -0.2) is 24.5 Å². The molecule has 0 aliphatic carbocycles. The first-order valence-electron chi connectivity index (χ1n) is 8.42. The fraction of sp³-hybridized carbons (Fsp3) is 0.474. The first-order valence-corrected chi connectivity index (χ1v) is 8.42. The monoisotopic (exact) mass is 456 g/mol. The predicted octanol–water partition coefficient (Wildman–Crippen LogP) is 3.89. The van der Waals surface area contributed by atoms with Crippen molar-refractivity contribution in [2.24, 2.45) is 4.99 Å². The summed E-state index contributed by atoms with van der Waals surface area (Å²) in [6, 6.07) is 10.5. The van der Waals surface area contributed by atoms with E-state index < -0.39 is 0 Å². The molecule has 1 aromatic carbocycles. The van der Waals surface area contributed by atoms with Gasteiger partial charge in [0.05, 0.1) is 12.7 Å². The Kier molecular flexibility index (Phi) is 8.96. The van der Waals surface area contributed by atoms with Crippen molar-refractivity contribution in [2.75, 3.05) is 13.6 Å². The van der Waals surface area contributed by atoms with E-state index in [1.165, 1.54) is 5.56 Å². The number of aryl methyl sites for hydroxylation is 1. The lowest BCUT2D eigenvalue weighted by atomic mass is 9.94. The number of hydrogen-bond acceptors (Lipinski definition) is 3. The van der Waals surface area contributed by atoms with Crippen LogP contribution in [0.1, 0.15) is 44.4 Å². The van der Waals surface area contributed by atoms with Crippen LogP contribution in [0.5, 0.6) is 0 Å². The molecule has 6 heteroatoms. The Morgan fingerprint density at radius 3 is 2.48 bits per heavy atom. The van der Waals surface area contributed by atoms with E-state index >= 15 is 0 Å². The number of oxazole rings is 1. The topological polar surface area (TPSA) is 62.5 Å². The molecule has 0 bridgehead atoms. The van der Waals surface area contributed by atoms with Crippen molar-refractivity contribution in [2.45, 2.75) is 45.6 Å². The van der Waals surface area contributed by atoms with E-state index in [0.29, 0.717) is 12.4 Å². The van der Waals surface area contributed by atoms with Gasteiger partial charge in [-0.15, -0.1) is 24.0 Å². The summed E-state index contributed by atoms with van der Waals surface area (Å²) in [4.78, 5) is 8.54. The zero-order valence-corrected chi connectivity index (χ0v) is 17.8. The summed E-state index contributed by atoms with van der Waals surface area (Å²) in [5.74, 6) is 2.33. The van der Waals surface area contributed by atoms with Crippen molar-refractivity contribution in [3.05, 3.63) is 53.7 Å². The molecule has 0 unspecified atom stereocenters. The summed E-state index contributed by atoms with van der Waals surface area (Å²) in [5, 5.41) is 6.55. The molecule has 2 N–H and O–H groups in total. The molecule has 0 radical (unpaired) electrons. The Labute approximate surface area is 167 Å². The molecule has 5 nitrogen and oxygen atoms in total. The average Bonchev–Trinajstić information content (AvgIpc) is 3.04. The number of nitrogens with zero attached hydrogens (tertiary/aromatic N) is 2. The second-order valence-corrected chi connectivity index (χ2v) is 6.81. The molecule has 2 rings (SSSR count). The number of nitrogens with one attached hydrogen (secondary N) is 2. The van der Waals surface area contributed by atoms with E-state index in [1.807, 2.05) is 6.07 Å². The highest BCUT2D eigenvalue weighted by molar-refractivity contribution is 14.0. The van der Waals surface area contributed by atoms with Crippen molar-refractivity contribution in [3.63, 3.8) is 0 Å². The number of guanidine groups is 1. The molecule has 25 heavy (non-hydrogen) atoms. The molecule has 0 aliphatic rings. The van der Waals surface area contributed by atoms with Gasteiger partial charge in [0.25, 0.3) is 0 Å². The first kappa shape index (κ1) is 21.5. The maximum absolute atomic E-state index is 5.77. The highest BCUT2D eigenvalue weighted by atomic mass is 127. The largest absolute Gasteiger partial charge is 0.443 e. The van der Waals surface area contributed by atoms with E-state index in [0.717, 1.165) is 31.1 Å². The van der Waals surface area contributed by atoms with Crippen LogP contribution >= 0.6 is 24.0 Å². The maximum atomic E-state index is 5.77. The standard InChI is InChI=1S/C19H28N4O.HI/c1-19(2,3)16-13-22-17(24-16)14-23-18(20-4)21-12-8-11-15-9-6-5-7-10-15;/h5-7,9-10,13H,8,11-12,14H2,1-4H3,(H2,20,21,23);1H. The van der Waals surface area contributed by atoms with Crippen LogP contribution in [0.2, 0.25) is 0 Å². The van der Waals surface area contributed by atoms with Crippen molar-refractivity contribution in [1.82, 2.24) is 15.6 Å². The molecule has 0 atom stereocenters. The second kappa shape index (κ2) is 10.4. The Balaban J connectivity index is 0.00000312. The number of rotatable bonds is 6. The van der Waals surface area contributed by atoms with Gasteiger partial charge in [0.1, 0.15) is 5.76 Å². The zero-order valence-electron chi connectivity index (χ0n) is 15.5. The molecule has 0 aliphatic heterocycles. The highest BCUT2D eigenvalue weighted by Crippen LogP contribution is 2.22. The minimum atomic E-state index is -0.0252. The Morgan fingerprint density at radius 2 is 1.88 bits per heavy atom. The van der Waals surface area contributed by atoms with Gasteiger partial charge in [-0.1, -0.05) is 51.1 Å². The van der Waals surface area contributed by atoms with Crippen molar-refractivity contribution < 1.29 is 4.42 Å². The third kappa shape index (κ3) is 7.46. The molecule has 1 heterocycles. The van der Waals surface area contributed by atoms with Crippen LogP contribution in [-0.2, 0) is 18.4 Å². The van der Waals surface area contributed by atoms with Crippen LogP contribution < -0.4 is 10.6 Å². The molecule has 0 spiro atoms. The molecule has 0 fully saturated rings. The van der Waals surface area contributed by atoms with Crippen LogP contribution in [0.4, 0.5) is 0 Å². The van der Waals surface area contributed by atoms with E-state index in [-0.39, 0.29) is 29.4 Å². The SMILES string of the molecule is CN=C(NCCCc1ccccc1)NCc1ncc(C(C)(C)C)o1.I. The summed E-state index contributed by atoms with van der Waals surface area (Å²) in [6.07, 6.45) is 3.91. The second-order valence-electron chi connectivity index (χ2n) is 6.81. The van der Waals surface area contributed by atoms with Gasteiger partial charge in [0.15, 0.2) is 5.96 Å². The van der Waals surface area contributed by atoms with Crippen LogP contribution in [0.15, 0.2) is 45.9 Å². The molecular formula is C19H29IN4O. The van der Waals surface area contributed by atoms with Gasteiger partial charge in [-0.2, -0.15) is 0 Å². The fourth-order valence-electron chi connectivity index (χ4n) is 2.26. The van der Waals surface area contributed by atoms with Gasteiger partial charge >= 0.3 is 0 Å². The molecule has 2 aromatic rings. The van der Waals surface area contributed by atoms with Gasteiger partial charge in [-0.25, -0.2) is 4.98 Å². The summed E-state index contributed by atoms with van der Waals surface area (Å²) in [6.45, 7) is 7.72. The van der Waals surface area contributed by atoms with Crippen molar-refractivity contribution in [3.8, 4) is 0 Å². The minimum absolute atomic E-state index is 0. The van der Waals surface area contributed by atoms with Gasteiger partial charge in [-0.05, 0) is 18.4 Å². The molecule has 0 amide bonds. The Morgan fingerprint density at radius 1 is 1.16 bits per heavy atom. The van der Waals surface area contributed by atoms with Crippen molar-refractivity contribution >= 4 is 29.9 Å². The zero-order chi connectivity index (χ0) is 17.4. The summed E-state index contributed by atoms with van der Waals surface area (Å²) in [7, 11) is 1.77. The van der Waals surface area contributed by atoms with Gasteiger partial charge < -0.3 is 15.1 Å². The third-order valence-electron chi connectivity index (χ3n) is 3.70. The first-order chi connectivity index (χ1) is 11.5. The smallest absolute Gasteiger partial charge is 0.213 e. The normalized spacial score (nSPS) is 11.8. The molecule has 0 saturated carbocycles. The van der Waals surface area contributed by atoms with E-state index in [9.17, 15) is 0 Å². The fourth-order valence-corrected chi connectivity index (χ4v) is 2.26. The van der Waals surface area contributed by atoms with Crippen LogP contribution in [0.3, 0.4) is 0 Å². The highest BCUT2D eigenvalue weighted by Gasteiger charge is 2.19. The Hall–Kier alpha value is -1.57. The third-order valence-corrected chi connectivity index (χ3v) is 3.70. The molecule has 138 valence electrons.